The lowest BCUT2D eigenvalue weighted by Gasteiger charge is -2.24. The van der Waals surface area contributed by atoms with E-state index < -0.39 is 0 Å². The van der Waals surface area contributed by atoms with Crippen LogP contribution in [0.5, 0.6) is 0 Å². The van der Waals surface area contributed by atoms with Gasteiger partial charge < -0.3 is 10.2 Å². The molecular formula is C19H32N2. The van der Waals surface area contributed by atoms with Crippen LogP contribution in [0.2, 0.25) is 0 Å². The molecule has 2 nitrogen and oxygen atoms in total. The van der Waals surface area contributed by atoms with E-state index in [0.29, 0.717) is 5.92 Å². The van der Waals surface area contributed by atoms with Crippen LogP contribution in [0.3, 0.4) is 0 Å². The van der Waals surface area contributed by atoms with Crippen LogP contribution in [0.4, 0.5) is 5.69 Å². The zero-order chi connectivity index (χ0) is 15.2. The van der Waals surface area contributed by atoms with Gasteiger partial charge in [0.1, 0.15) is 0 Å². The van der Waals surface area contributed by atoms with E-state index in [1.165, 1.54) is 49.2 Å². The van der Waals surface area contributed by atoms with Crippen molar-refractivity contribution in [2.45, 2.75) is 53.5 Å². The third-order valence-corrected chi connectivity index (χ3v) is 4.58. The van der Waals surface area contributed by atoms with Gasteiger partial charge in [0.25, 0.3) is 0 Å². The predicted octanol–water partition coefficient (Wildman–Crippen LogP) is 4.37. The molecule has 1 saturated heterocycles. The van der Waals surface area contributed by atoms with Crippen LogP contribution in [0, 0.1) is 18.8 Å². The van der Waals surface area contributed by atoms with Gasteiger partial charge in [-0.2, -0.15) is 0 Å². The van der Waals surface area contributed by atoms with E-state index in [9.17, 15) is 0 Å². The summed E-state index contributed by atoms with van der Waals surface area (Å²) in [5.41, 5.74) is 4.26. The van der Waals surface area contributed by atoms with Crippen molar-refractivity contribution >= 4 is 5.69 Å². The summed E-state index contributed by atoms with van der Waals surface area (Å²) in [4.78, 5) is 2.57. The Morgan fingerprint density at radius 2 is 2.05 bits per heavy atom. The molecule has 1 aromatic rings. The van der Waals surface area contributed by atoms with Gasteiger partial charge in [-0.25, -0.2) is 0 Å². The Morgan fingerprint density at radius 3 is 2.76 bits per heavy atom. The zero-order valence-corrected chi connectivity index (χ0v) is 14.3. The fraction of sp³-hybridized carbons (Fsp3) is 0.684. The minimum Gasteiger partial charge on any atom is -0.372 e. The molecule has 1 atom stereocenters. The van der Waals surface area contributed by atoms with Crippen LogP contribution < -0.4 is 10.2 Å². The van der Waals surface area contributed by atoms with Crippen molar-refractivity contribution in [2.75, 3.05) is 24.5 Å². The normalized spacial score (nSPS) is 19.9. The largest absolute Gasteiger partial charge is 0.372 e. The van der Waals surface area contributed by atoms with Gasteiger partial charge in [0.15, 0.2) is 0 Å². The van der Waals surface area contributed by atoms with E-state index in [1.807, 2.05) is 0 Å². The average molecular weight is 288 g/mol. The van der Waals surface area contributed by atoms with Crippen LogP contribution in [0.15, 0.2) is 18.2 Å². The summed E-state index contributed by atoms with van der Waals surface area (Å²) in [6, 6.07) is 7.00. The van der Waals surface area contributed by atoms with Gasteiger partial charge in [-0.1, -0.05) is 26.8 Å². The smallest absolute Gasteiger partial charge is 0.0369 e. The van der Waals surface area contributed by atoms with E-state index in [-0.39, 0.29) is 0 Å². The Balaban J connectivity index is 1.97. The molecule has 0 aromatic heterocycles. The van der Waals surface area contributed by atoms with Crippen molar-refractivity contribution in [1.29, 1.82) is 0 Å². The highest BCUT2D eigenvalue weighted by Crippen LogP contribution is 2.24. The van der Waals surface area contributed by atoms with Crippen molar-refractivity contribution in [1.82, 2.24) is 5.32 Å². The maximum atomic E-state index is 3.54. The summed E-state index contributed by atoms with van der Waals surface area (Å²) < 4.78 is 0. The number of rotatable bonds is 5. The van der Waals surface area contributed by atoms with Gasteiger partial charge >= 0.3 is 0 Å². The highest BCUT2D eigenvalue weighted by Gasteiger charge is 2.14. The number of hydrogen-bond acceptors (Lipinski definition) is 2. The van der Waals surface area contributed by atoms with Crippen LogP contribution in [0.1, 0.15) is 51.2 Å². The van der Waals surface area contributed by atoms with Crippen molar-refractivity contribution in [3.63, 3.8) is 0 Å². The maximum Gasteiger partial charge on any atom is 0.0369 e. The summed E-state index contributed by atoms with van der Waals surface area (Å²) in [7, 11) is 0. The van der Waals surface area contributed by atoms with Crippen molar-refractivity contribution in [3.05, 3.63) is 29.3 Å². The quantitative estimate of drug-likeness (QED) is 0.865. The first kappa shape index (κ1) is 16.4. The summed E-state index contributed by atoms with van der Waals surface area (Å²) >= 11 is 0. The minimum absolute atomic E-state index is 0.712. The second-order valence-corrected chi connectivity index (χ2v) is 7.16. The predicted molar refractivity (Wildman–Crippen MR) is 93.0 cm³/mol. The summed E-state index contributed by atoms with van der Waals surface area (Å²) in [5, 5.41) is 3.54. The van der Waals surface area contributed by atoms with Crippen molar-refractivity contribution in [2.24, 2.45) is 11.8 Å². The topological polar surface area (TPSA) is 15.3 Å². The lowest BCUT2D eigenvalue weighted by Crippen LogP contribution is -2.24. The number of benzene rings is 1. The molecule has 0 radical (unpaired) electrons. The molecule has 2 heteroatoms. The summed E-state index contributed by atoms with van der Waals surface area (Å²) in [6.07, 6.45) is 4.04. The molecule has 1 N–H and O–H groups in total. The van der Waals surface area contributed by atoms with E-state index in [0.717, 1.165) is 19.0 Å². The second kappa shape index (κ2) is 7.84. The zero-order valence-electron chi connectivity index (χ0n) is 14.3. The SMILES string of the molecule is Cc1cc(N2CCCC(C)CC2)ccc1CNCC(C)C. The molecule has 0 spiro atoms. The molecule has 21 heavy (non-hydrogen) atoms. The summed E-state index contributed by atoms with van der Waals surface area (Å²) in [5.74, 6) is 1.60. The highest BCUT2D eigenvalue weighted by molar-refractivity contribution is 5.51. The molecule has 1 aliphatic heterocycles. The van der Waals surface area contributed by atoms with Crippen molar-refractivity contribution in [3.8, 4) is 0 Å². The van der Waals surface area contributed by atoms with Crippen LogP contribution in [-0.2, 0) is 6.54 Å². The number of aryl methyl sites for hydroxylation is 1. The molecule has 1 heterocycles. The Labute approximate surface area is 130 Å². The highest BCUT2D eigenvalue weighted by atomic mass is 15.1. The molecular weight excluding hydrogens is 256 g/mol. The van der Waals surface area contributed by atoms with Gasteiger partial charge in [-0.05, 0) is 67.8 Å². The number of nitrogens with zero attached hydrogens (tertiary/aromatic N) is 1. The van der Waals surface area contributed by atoms with E-state index in [1.54, 1.807) is 0 Å². The first-order valence-corrected chi connectivity index (χ1v) is 8.61. The Kier molecular flexibility index (Phi) is 6.10. The minimum atomic E-state index is 0.712. The number of anilines is 1. The first-order chi connectivity index (χ1) is 10.1. The third-order valence-electron chi connectivity index (χ3n) is 4.58. The summed E-state index contributed by atoms with van der Waals surface area (Å²) in [6.45, 7) is 13.6. The number of hydrogen-bond donors (Lipinski definition) is 1. The van der Waals surface area contributed by atoms with E-state index in [2.05, 4.69) is 56.1 Å². The number of nitrogens with one attached hydrogen (secondary N) is 1. The lowest BCUT2D eigenvalue weighted by atomic mass is 10.0. The molecule has 1 fully saturated rings. The fourth-order valence-electron chi connectivity index (χ4n) is 3.09. The molecule has 0 bridgehead atoms. The Morgan fingerprint density at radius 1 is 1.24 bits per heavy atom. The first-order valence-electron chi connectivity index (χ1n) is 8.61. The van der Waals surface area contributed by atoms with E-state index in [4.69, 9.17) is 0 Å². The molecule has 1 aromatic carbocycles. The van der Waals surface area contributed by atoms with Crippen LogP contribution >= 0.6 is 0 Å². The molecule has 1 aliphatic rings. The average Bonchev–Trinajstić information content (AvgIpc) is 2.65. The Bertz CT molecular complexity index is 439. The molecule has 118 valence electrons. The maximum absolute atomic E-state index is 3.54. The monoisotopic (exact) mass is 288 g/mol. The van der Waals surface area contributed by atoms with Crippen molar-refractivity contribution < 1.29 is 0 Å². The van der Waals surface area contributed by atoms with Gasteiger partial charge in [0, 0.05) is 25.3 Å². The van der Waals surface area contributed by atoms with Crippen LogP contribution in [-0.4, -0.2) is 19.6 Å². The molecule has 0 amide bonds. The van der Waals surface area contributed by atoms with Gasteiger partial charge in [-0.15, -0.1) is 0 Å². The van der Waals surface area contributed by atoms with E-state index >= 15 is 0 Å². The molecule has 1 unspecified atom stereocenters. The standard InChI is InChI=1S/C19H32N2/c1-15(2)13-20-14-18-7-8-19(12-17(18)4)21-10-5-6-16(3)9-11-21/h7-8,12,15-16,20H,5-6,9-11,13-14H2,1-4H3. The van der Waals surface area contributed by atoms with Gasteiger partial charge in [-0.3, -0.25) is 0 Å². The second-order valence-electron chi connectivity index (χ2n) is 7.16. The molecule has 0 saturated carbocycles. The molecule has 2 rings (SSSR count). The molecule has 0 aliphatic carbocycles. The Hall–Kier alpha value is -1.02. The van der Waals surface area contributed by atoms with Gasteiger partial charge in [0.2, 0.25) is 0 Å². The lowest BCUT2D eigenvalue weighted by molar-refractivity contribution is 0.521. The third kappa shape index (κ3) is 5.03. The van der Waals surface area contributed by atoms with Crippen LogP contribution in [0.25, 0.3) is 0 Å². The fourth-order valence-corrected chi connectivity index (χ4v) is 3.09. The van der Waals surface area contributed by atoms with Gasteiger partial charge in [0.05, 0.1) is 0 Å².